The second kappa shape index (κ2) is 7.04. The highest BCUT2D eigenvalue weighted by Crippen LogP contribution is 2.28. The van der Waals surface area contributed by atoms with Crippen LogP contribution in [0.5, 0.6) is 5.75 Å². The lowest BCUT2D eigenvalue weighted by atomic mass is 9.96. The van der Waals surface area contributed by atoms with E-state index in [-0.39, 0.29) is 0 Å². The van der Waals surface area contributed by atoms with Crippen molar-refractivity contribution in [3.8, 4) is 5.75 Å². The van der Waals surface area contributed by atoms with Gasteiger partial charge in [0.05, 0.1) is 12.3 Å². The molecule has 3 rings (SSSR count). The summed E-state index contributed by atoms with van der Waals surface area (Å²) in [5, 5.41) is 2.32. The molecule has 3 nitrogen and oxygen atoms in total. The summed E-state index contributed by atoms with van der Waals surface area (Å²) >= 11 is 0. The van der Waals surface area contributed by atoms with Gasteiger partial charge in [-0.05, 0) is 31.1 Å². The van der Waals surface area contributed by atoms with Crippen LogP contribution in [0.3, 0.4) is 0 Å². The van der Waals surface area contributed by atoms with E-state index >= 15 is 0 Å². The summed E-state index contributed by atoms with van der Waals surface area (Å²) < 4.78 is 6.08. The molecule has 0 aliphatic carbocycles. The van der Waals surface area contributed by atoms with Gasteiger partial charge in [-0.25, -0.2) is 0 Å². The summed E-state index contributed by atoms with van der Waals surface area (Å²) in [5.74, 6) is 0.905. The monoisotopic (exact) mass is 320 g/mol. The zero-order valence-corrected chi connectivity index (χ0v) is 14.3. The van der Waals surface area contributed by atoms with E-state index in [0.29, 0.717) is 13.0 Å². The van der Waals surface area contributed by atoms with Gasteiger partial charge >= 0.3 is 0 Å². The second-order valence-electron chi connectivity index (χ2n) is 6.26. The maximum Gasteiger partial charge on any atom is 0.127 e. The lowest BCUT2D eigenvalue weighted by Crippen LogP contribution is -2.50. The van der Waals surface area contributed by atoms with Gasteiger partial charge in [0, 0.05) is 11.8 Å². The number of nitrogens with two attached hydrogens (primary N) is 1. The Morgan fingerprint density at radius 2 is 1.54 bits per heavy atom. The van der Waals surface area contributed by atoms with Crippen LogP contribution in [0.4, 0.5) is 0 Å². The molecule has 0 fully saturated rings. The molecule has 0 bridgehead atoms. The summed E-state index contributed by atoms with van der Waals surface area (Å²) in [5.41, 5.74) is 7.23. The minimum atomic E-state index is -0.550. The standard InChI is InChI=1S/C21H24N2O/c1-23(2)21(22,18-11-4-3-5-12-18)15-16-24-20-14-8-10-17-9-6-7-13-19(17)20/h3-14H,15-16,22H2,1-2H3. The van der Waals surface area contributed by atoms with E-state index in [0.717, 1.165) is 16.7 Å². The normalized spacial score (nSPS) is 13.8. The van der Waals surface area contributed by atoms with E-state index in [2.05, 4.69) is 35.2 Å². The average Bonchev–Trinajstić information content (AvgIpc) is 2.62. The number of ether oxygens (including phenoxy) is 1. The molecule has 1 unspecified atom stereocenters. The molecule has 3 heteroatoms. The fourth-order valence-corrected chi connectivity index (χ4v) is 2.99. The van der Waals surface area contributed by atoms with Crippen LogP contribution < -0.4 is 10.5 Å². The van der Waals surface area contributed by atoms with E-state index in [1.807, 2.05) is 56.6 Å². The third kappa shape index (κ3) is 3.28. The van der Waals surface area contributed by atoms with Gasteiger partial charge < -0.3 is 10.5 Å². The van der Waals surface area contributed by atoms with Crippen LogP contribution in [0.1, 0.15) is 12.0 Å². The quantitative estimate of drug-likeness (QED) is 0.698. The van der Waals surface area contributed by atoms with Gasteiger partial charge in [-0.15, -0.1) is 0 Å². The van der Waals surface area contributed by atoms with Crippen LogP contribution in [-0.2, 0) is 5.66 Å². The molecule has 0 aliphatic rings. The molecule has 0 aromatic heterocycles. The lowest BCUT2D eigenvalue weighted by molar-refractivity contribution is 0.119. The molecule has 24 heavy (non-hydrogen) atoms. The molecule has 0 saturated carbocycles. The van der Waals surface area contributed by atoms with Crippen molar-refractivity contribution in [2.75, 3.05) is 20.7 Å². The molecule has 2 N–H and O–H groups in total. The van der Waals surface area contributed by atoms with Crippen molar-refractivity contribution in [1.29, 1.82) is 0 Å². The van der Waals surface area contributed by atoms with Gasteiger partial charge in [-0.1, -0.05) is 66.7 Å². The van der Waals surface area contributed by atoms with E-state index in [4.69, 9.17) is 10.5 Å². The van der Waals surface area contributed by atoms with E-state index in [9.17, 15) is 0 Å². The van der Waals surface area contributed by atoms with E-state index in [1.165, 1.54) is 5.39 Å². The Bertz CT molecular complexity index is 796. The number of hydrogen-bond donors (Lipinski definition) is 1. The molecule has 124 valence electrons. The van der Waals surface area contributed by atoms with Gasteiger partial charge in [0.1, 0.15) is 5.75 Å². The van der Waals surface area contributed by atoms with Gasteiger partial charge in [-0.3, -0.25) is 4.90 Å². The third-order valence-electron chi connectivity index (χ3n) is 4.56. The van der Waals surface area contributed by atoms with Gasteiger partial charge in [-0.2, -0.15) is 0 Å². The number of nitrogens with zero attached hydrogens (tertiary/aromatic N) is 1. The second-order valence-corrected chi connectivity index (χ2v) is 6.26. The Kier molecular flexibility index (Phi) is 4.84. The summed E-state index contributed by atoms with van der Waals surface area (Å²) in [6.07, 6.45) is 0.702. The van der Waals surface area contributed by atoms with E-state index < -0.39 is 5.66 Å². The molecule has 3 aromatic carbocycles. The zero-order valence-electron chi connectivity index (χ0n) is 14.3. The van der Waals surface area contributed by atoms with Gasteiger partial charge in [0.2, 0.25) is 0 Å². The predicted octanol–water partition coefficient (Wildman–Crippen LogP) is 3.98. The van der Waals surface area contributed by atoms with Crippen LogP contribution in [0.25, 0.3) is 10.8 Å². The summed E-state index contributed by atoms with van der Waals surface area (Å²) in [7, 11) is 4.01. The SMILES string of the molecule is CN(C)C(N)(CCOc1cccc2ccccc12)c1ccccc1. The van der Waals surface area contributed by atoms with Gasteiger partial charge in [0.25, 0.3) is 0 Å². The molecule has 0 heterocycles. The summed E-state index contributed by atoms with van der Waals surface area (Å²) in [6.45, 7) is 0.553. The maximum absolute atomic E-state index is 6.68. The Morgan fingerprint density at radius 3 is 2.29 bits per heavy atom. The molecule has 0 saturated heterocycles. The maximum atomic E-state index is 6.68. The fourth-order valence-electron chi connectivity index (χ4n) is 2.99. The highest BCUT2D eigenvalue weighted by molar-refractivity contribution is 5.88. The lowest BCUT2D eigenvalue weighted by Gasteiger charge is -2.36. The van der Waals surface area contributed by atoms with Crippen molar-refractivity contribution in [3.05, 3.63) is 78.4 Å². The number of fused-ring (bicyclic) bond motifs is 1. The Hall–Kier alpha value is -2.36. The smallest absolute Gasteiger partial charge is 0.127 e. The Morgan fingerprint density at radius 1 is 0.875 bits per heavy atom. The predicted molar refractivity (Wildman–Crippen MR) is 100 cm³/mol. The van der Waals surface area contributed by atoms with E-state index in [1.54, 1.807) is 0 Å². The van der Waals surface area contributed by atoms with Crippen LogP contribution in [-0.4, -0.2) is 25.6 Å². The van der Waals surface area contributed by atoms with Crippen LogP contribution in [0, 0.1) is 0 Å². The molecule has 0 spiro atoms. The number of rotatable bonds is 6. The number of benzene rings is 3. The molecule has 1 atom stereocenters. The summed E-state index contributed by atoms with van der Waals surface area (Å²) in [4.78, 5) is 2.05. The van der Waals surface area contributed by atoms with Crippen LogP contribution in [0.2, 0.25) is 0 Å². The van der Waals surface area contributed by atoms with Crippen molar-refractivity contribution in [2.45, 2.75) is 12.1 Å². The molecule has 0 amide bonds. The van der Waals surface area contributed by atoms with Crippen molar-refractivity contribution < 1.29 is 4.74 Å². The number of hydrogen-bond acceptors (Lipinski definition) is 3. The Balaban J connectivity index is 1.76. The first-order chi connectivity index (χ1) is 11.6. The molecular weight excluding hydrogens is 296 g/mol. The minimum Gasteiger partial charge on any atom is -0.493 e. The van der Waals surface area contributed by atoms with Crippen molar-refractivity contribution in [1.82, 2.24) is 4.90 Å². The fraction of sp³-hybridized carbons (Fsp3) is 0.238. The minimum absolute atomic E-state index is 0.550. The van der Waals surface area contributed by atoms with Crippen molar-refractivity contribution >= 4 is 10.8 Å². The first-order valence-corrected chi connectivity index (χ1v) is 8.24. The van der Waals surface area contributed by atoms with Crippen molar-refractivity contribution in [2.24, 2.45) is 5.73 Å². The zero-order chi connectivity index (χ0) is 17.0. The third-order valence-corrected chi connectivity index (χ3v) is 4.56. The average molecular weight is 320 g/mol. The molecule has 0 aliphatic heterocycles. The van der Waals surface area contributed by atoms with Crippen molar-refractivity contribution in [3.63, 3.8) is 0 Å². The molecular formula is C21H24N2O. The topological polar surface area (TPSA) is 38.5 Å². The first kappa shape index (κ1) is 16.5. The van der Waals surface area contributed by atoms with Crippen LogP contribution >= 0.6 is 0 Å². The van der Waals surface area contributed by atoms with Crippen LogP contribution in [0.15, 0.2) is 72.8 Å². The molecule has 3 aromatic rings. The Labute approximate surface area is 143 Å². The largest absolute Gasteiger partial charge is 0.493 e. The molecule has 0 radical (unpaired) electrons. The van der Waals surface area contributed by atoms with Gasteiger partial charge in [0.15, 0.2) is 0 Å². The highest BCUT2D eigenvalue weighted by Gasteiger charge is 2.29. The first-order valence-electron chi connectivity index (χ1n) is 8.24. The highest BCUT2D eigenvalue weighted by atomic mass is 16.5. The summed E-state index contributed by atoms with van der Waals surface area (Å²) in [6, 6.07) is 24.6.